The standard InChI is InChI=1S/C24H28N2O4/c1-4-22(29)25-14-24(15-25)23(20(13-27)26(24)16(2)28)18-11-9-17(10-12-18)19-7-5-6-8-21(19)30-3/h5-12,20,23,27H,4,13-15H2,1-3H3/t20-,23+/m1/s1. The summed E-state index contributed by atoms with van der Waals surface area (Å²) in [6.45, 7) is 4.34. The number of hydrogen-bond donors (Lipinski definition) is 1. The molecule has 1 spiro atoms. The van der Waals surface area contributed by atoms with E-state index >= 15 is 0 Å². The molecule has 6 heteroatoms. The van der Waals surface area contributed by atoms with Gasteiger partial charge < -0.3 is 19.6 Å². The van der Waals surface area contributed by atoms with Crippen LogP contribution in [0.2, 0.25) is 0 Å². The highest BCUT2D eigenvalue weighted by Gasteiger charge is 2.67. The molecule has 0 aliphatic carbocycles. The Balaban J connectivity index is 1.64. The van der Waals surface area contributed by atoms with Gasteiger partial charge in [-0.15, -0.1) is 0 Å². The van der Waals surface area contributed by atoms with Gasteiger partial charge in [-0.3, -0.25) is 9.59 Å². The molecular formula is C24H28N2O4. The van der Waals surface area contributed by atoms with Crippen molar-refractivity contribution in [1.29, 1.82) is 0 Å². The van der Waals surface area contributed by atoms with Gasteiger partial charge in [0.1, 0.15) is 5.75 Å². The highest BCUT2D eigenvalue weighted by molar-refractivity contribution is 5.81. The summed E-state index contributed by atoms with van der Waals surface area (Å²) in [5, 5.41) is 10.0. The highest BCUT2D eigenvalue weighted by atomic mass is 16.5. The summed E-state index contributed by atoms with van der Waals surface area (Å²) in [5.74, 6) is 0.856. The molecule has 2 heterocycles. The number of aliphatic hydroxyl groups excluding tert-OH is 1. The van der Waals surface area contributed by atoms with E-state index in [0.29, 0.717) is 19.5 Å². The van der Waals surface area contributed by atoms with Crippen LogP contribution in [0.15, 0.2) is 48.5 Å². The minimum atomic E-state index is -0.421. The number of aliphatic hydroxyl groups is 1. The van der Waals surface area contributed by atoms with Crippen LogP contribution in [0.4, 0.5) is 0 Å². The number of para-hydroxylation sites is 1. The molecule has 158 valence electrons. The van der Waals surface area contributed by atoms with E-state index in [9.17, 15) is 14.7 Å². The van der Waals surface area contributed by atoms with E-state index in [2.05, 4.69) is 24.3 Å². The average molecular weight is 408 g/mol. The normalized spacial score (nSPS) is 21.7. The smallest absolute Gasteiger partial charge is 0.222 e. The van der Waals surface area contributed by atoms with Crippen molar-refractivity contribution in [2.24, 2.45) is 0 Å². The van der Waals surface area contributed by atoms with Gasteiger partial charge in [0.05, 0.1) is 25.3 Å². The molecule has 6 nitrogen and oxygen atoms in total. The number of amides is 2. The fraction of sp³-hybridized carbons (Fsp3) is 0.417. The third kappa shape index (κ3) is 2.98. The second kappa shape index (κ2) is 7.76. The fourth-order valence-corrected chi connectivity index (χ4v) is 5.29. The quantitative estimate of drug-likeness (QED) is 0.826. The van der Waals surface area contributed by atoms with Crippen molar-refractivity contribution in [2.75, 3.05) is 26.8 Å². The highest BCUT2D eigenvalue weighted by Crippen LogP contribution is 2.54. The predicted molar refractivity (Wildman–Crippen MR) is 114 cm³/mol. The lowest BCUT2D eigenvalue weighted by Crippen LogP contribution is -2.85. The number of rotatable bonds is 5. The maximum Gasteiger partial charge on any atom is 0.222 e. The summed E-state index contributed by atoms with van der Waals surface area (Å²) in [6.07, 6.45) is 0.456. The topological polar surface area (TPSA) is 70.1 Å². The Morgan fingerprint density at radius 2 is 1.80 bits per heavy atom. The first-order valence-corrected chi connectivity index (χ1v) is 10.4. The van der Waals surface area contributed by atoms with Crippen LogP contribution in [0, 0.1) is 0 Å². The van der Waals surface area contributed by atoms with Gasteiger partial charge in [0.2, 0.25) is 11.8 Å². The first-order valence-electron chi connectivity index (χ1n) is 10.4. The summed E-state index contributed by atoms with van der Waals surface area (Å²) in [5.41, 5.74) is 2.72. The molecule has 4 rings (SSSR count). The molecule has 0 radical (unpaired) electrons. The van der Waals surface area contributed by atoms with Crippen molar-refractivity contribution in [1.82, 2.24) is 9.80 Å². The van der Waals surface area contributed by atoms with Crippen molar-refractivity contribution in [3.8, 4) is 16.9 Å². The zero-order chi connectivity index (χ0) is 21.5. The minimum Gasteiger partial charge on any atom is -0.496 e. The second-order valence-electron chi connectivity index (χ2n) is 8.15. The molecule has 2 saturated heterocycles. The third-order valence-electron chi connectivity index (χ3n) is 6.57. The van der Waals surface area contributed by atoms with Crippen LogP contribution in [-0.2, 0) is 9.59 Å². The molecular weight excluding hydrogens is 380 g/mol. The number of likely N-dealkylation sites (tertiary alicyclic amines) is 2. The molecule has 0 saturated carbocycles. The van der Waals surface area contributed by atoms with Gasteiger partial charge in [0.25, 0.3) is 0 Å². The summed E-state index contributed by atoms with van der Waals surface area (Å²) < 4.78 is 5.47. The Bertz CT molecular complexity index is 950. The lowest BCUT2D eigenvalue weighted by Gasteiger charge is -2.70. The van der Waals surface area contributed by atoms with Crippen LogP contribution in [0.5, 0.6) is 5.75 Å². The molecule has 0 unspecified atom stereocenters. The number of methoxy groups -OCH3 is 1. The van der Waals surface area contributed by atoms with E-state index in [1.54, 1.807) is 16.9 Å². The molecule has 0 bridgehead atoms. The zero-order valence-corrected chi connectivity index (χ0v) is 17.7. The first kappa shape index (κ1) is 20.4. The monoisotopic (exact) mass is 408 g/mol. The van der Waals surface area contributed by atoms with Gasteiger partial charge in [-0.1, -0.05) is 49.4 Å². The Labute approximate surface area is 177 Å². The number of benzene rings is 2. The Kier molecular flexibility index (Phi) is 5.28. The van der Waals surface area contributed by atoms with E-state index in [0.717, 1.165) is 22.4 Å². The molecule has 30 heavy (non-hydrogen) atoms. The second-order valence-corrected chi connectivity index (χ2v) is 8.15. The maximum absolute atomic E-state index is 12.3. The SMILES string of the molecule is CCC(=O)N1CC2(C1)[C@@H](c1ccc(-c3ccccc3OC)cc1)[C@@H](CO)N2C(C)=O. The van der Waals surface area contributed by atoms with Crippen molar-refractivity contribution >= 4 is 11.8 Å². The predicted octanol–water partition coefficient (Wildman–Crippen LogP) is 2.66. The molecule has 2 aromatic carbocycles. The molecule has 2 aliphatic heterocycles. The number of hydrogen-bond acceptors (Lipinski definition) is 4. The summed E-state index contributed by atoms with van der Waals surface area (Å²) in [7, 11) is 1.66. The van der Waals surface area contributed by atoms with E-state index in [1.807, 2.05) is 31.2 Å². The Morgan fingerprint density at radius 3 is 2.37 bits per heavy atom. The van der Waals surface area contributed by atoms with Crippen LogP contribution in [0.3, 0.4) is 0 Å². The van der Waals surface area contributed by atoms with Crippen LogP contribution in [0.1, 0.15) is 31.7 Å². The van der Waals surface area contributed by atoms with Crippen LogP contribution >= 0.6 is 0 Å². The molecule has 1 N–H and O–H groups in total. The van der Waals surface area contributed by atoms with Crippen molar-refractivity contribution in [2.45, 2.75) is 37.8 Å². The molecule has 2 aliphatic rings. The first-order chi connectivity index (χ1) is 14.5. The fourth-order valence-electron chi connectivity index (χ4n) is 5.29. The van der Waals surface area contributed by atoms with Gasteiger partial charge >= 0.3 is 0 Å². The Hall–Kier alpha value is -2.86. The lowest BCUT2D eigenvalue weighted by atomic mass is 9.60. The van der Waals surface area contributed by atoms with Crippen molar-refractivity contribution in [3.05, 3.63) is 54.1 Å². The van der Waals surface area contributed by atoms with Crippen LogP contribution in [0.25, 0.3) is 11.1 Å². The lowest BCUT2D eigenvalue weighted by molar-refractivity contribution is -0.201. The van der Waals surface area contributed by atoms with Crippen molar-refractivity contribution < 1.29 is 19.4 Å². The summed E-state index contributed by atoms with van der Waals surface area (Å²) >= 11 is 0. The average Bonchev–Trinajstić information content (AvgIpc) is 2.72. The zero-order valence-electron chi connectivity index (χ0n) is 17.7. The molecule has 2 fully saturated rings. The van der Waals surface area contributed by atoms with Gasteiger partial charge in [-0.05, 0) is 17.2 Å². The molecule has 2 amide bonds. The van der Waals surface area contributed by atoms with E-state index in [1.165, 1.54) is 6.92 Å². The van der Waals surface area contributed by atoms with Gasteiger partial charge in [-0.25, -0.2) is 0 Å². The van der Waals surface area contributed by atoms with Crippen LogP contribution in [-0.4, -0.2) is 65.1 Å². The third-order valence-corrected chi connectivity index (χ3v) is 6.57. The number of nitrogens with zero attached hydrogens (tertiary/aromatic N) is 2. The maximum atomic E-state index is 12.3. The minimum absolute atomic E-state index is 0.000903. The van der Waals surface area contributed by atoms with E-state index in [4.69, 9.17) is 4.74 Å². The number of carbonyl (C=O) groups excluding carboxylic acids is 2. The molecule has 2 atom stereocenters. The molecule has 2 aromatic rings. The van der Waals surface area contributed by atoms with E-state index < -0.39 is 5.54 Å². The number of carbonyl (C=O) groups is 2. The molecule has 0 aromatic heterocycles. The number of ether oxygens (including phenoxy) is 1. The summed E-state index contributed by atoms with van der Waals surface area (Å²) in [6, 6.07) is 15.9. The van der Waals surface area contributed by atoms with Gasteiger partial charge in [0, 0.05) is 37.9 Å². The largest absolute Gasteiger partial charge is 0.496 e. The Morgan fingerprint density at radius 1 is 1.13 bits per heavy atom. The van der Waals surface area contributed by atoms with Gasteiger partial charge in [-0.2, -0.15) is 0 Å². The summed E-state index contributed by atoms with van der Waals surface area (Å²) in [4.78, 5) is 28.0. The van der Waals surface area contributed by atoms with Gasteiger partial charge in [0.15, 0.2) is 0 Å². The van der Waals surface area contributed by atoms with Crippen molar-refractivity contribution in [3.63, 3.8) is 0 Å². The van der Waals surface area contributed by atoms with Crippen LogP contribution < -0.4 is 4.74 Å². The van der Waals surface area contributed by atoms with E-state index in [-0.39, 0.29) is 30.4 Å².